The molecule has 4 heteroatoms. The van der Waals surface area contributed by atoms with Gasteiger partial charge in [0.1, 0.15) is 5.02 Å². The van der Waals surface area contributed by atoms with E-state index >= 15 is 0 Å². The second kappa shape index (κ2) is 6.95. The van der Waals surface area contributed by atoms with Gasteiger partial charge in [-0.1, -0.05) is 24.9 Å². The summed E-state index contributed by atoms with van der Waals surface area (Å²) < 4.78 is 5.51. The fourth-order valence-electron chi connectivity index (χ4n) is 1.35. The SMILES string of the molecule is CCCCOc1ncc(CNC(C)(C)C)cc1Cl. The number of nitrogens with one attached hydrogen (secondary N) is 1. The standard InChI is InChI=1S/C14H23ClN2O/c1-5-6-7-18-13-12(15)8-11(9-16-13)10-17-14(2,3)4/h8-9,17H,5-7,10H2,1-4H3. The normalized spacial score (nSPS) is 11.6. The van der Waals surface area contributed by atoms with Gasteiger partial charge in [0.15, 0.2) is 0 Å². The number of aromatic nitrogens is 1. The number of nitrogens with zero attached hydrogens (tertiary/aromatic N) is 1. The van der Waals surface area contributed by atoms with Crippen LogP contribution in [0.1, 0.15) is 46.1 Å². The molecule has 0 spiro atoms. The van der Waals surface area contributed by atoms with Crippen LogP contribution in [-0.2, 0) is 6.54 Å². The quantitative estimate of drug-likeness (QED) is 0.799. The molecule has 0 fully saturated rings. The molecule has 0 aliphatic carbocycles. The zero-order valence-corrected chi connectivity index (χ0v) is 12.5. The van der Waals surface area contributed by atoms with Gasteiger partial charge in [-0.25, -0.2) is 4.98 Å². The molecule has 0 aliphatic rings. The van der Waals surface area contributed by atoms with E-state index in [0.717, 1.165) is 24.9 Å². The molecule has 0 amide bonds. The Kier molecular flexibility index (Phi) is 5.89. The highest BCUT2D eigenvalue weighted by atomic mass is 35.5. The third-order valence-electron chi connectivity index (χ3n) is 2.42. The first-order valence-corrected chi connectivity index (χ1v) is 6.82. The lowest BCUT2D eigenvalue weighted by atomic mass is 10.1. The van der Waals surface area contributed by atoms with Crippen LogP contribution >= 0.6 is 11.6 Å². The van der Waals surface area contributed by atoms with Crippen molar-refractivity contribution in [3.05, 3.63) is 22.8 Å². The number of pyridine rings is 1. The summed E-state index contributed by atoms with van der Waals surface area (Å²) in [5, 5.41) is 3.98. The van der Waals surface area contributed by atoms with Gasteiger partial charge in [0.2, 0.25) is 5.88 Å². The molecule has 0 unspecified atom stereocenters. The van der Waals surface area contributed by atoms with Gasteiger partial charge in [0.25, 0.3) is 0 Å². The molecule has 0 saturated heterocycles. The third-order valence-corrected chi connectivity index (χ3v) is 2.69. The predicted molar refractivity (Wildman–Crippen MR) is 76.2 cm³/mol. The van der Waals surface area contributed by atoms with Gasteiger partial charge >= 0.3 is 0 Å². The molecule has 0 aromatic carbocycles. The van der Waals surface area contributed by atoms with Crippen molar-refractivity contribution in [1.82, 2.24) is 10.3 Å². The number of hydrogen-bond donors (Lipinski definition) is 1. The van der Waals surface area contributed by atoms with Gasteiger partial charge in [-0.15, -0.1) is 0 Å². The summed E-state index contributed by atoms with van der Waals surface area (Å²) in [5.74, 6) is 0.532. The van der Waals surface area contributed by atoms with Crippen molar-refractivity contribution in [2.75, 3.05) is 6.61 Å². The average molecular weight is 271 g/mol. The van der Waals surface area contributed by atoms with E-state index in [1.807, 2.05) is 12.3 Å². The largest absolute Gasteiger partial charge is 0.477 e. The van der Waals surface area contributed by atoms with Crippen LogP contribution in [0.25, 0.3) is 0 Å². The maximum Gasteiger partial charge on any atom is 0.232 e. The van der Waals surface area contributed by atoms with E-state index in [9.17, 15) is 0 Å². The predicted octanol–water partition coefficient (Wildman–Crippen LogP) is 3.80. The van der Waals surface area contributed by atoms with E-state index in [1.54, 1.807) is 0 Å². The van der Waals surface area contributed by atoms with Crippen molar-refractivity contribution < 1.29 is 4.74 Å². The topological polar surface area (TPSA) is 34.1 Å². The molecule has 1 heterocycles. The van der Waals surface area contributed by atoms with Crippen LogP contribution in [0.15, 0.2) is 12.3 Å². The van der Waals surface area contributed by atoms with Gasteiger partial charge in [-0.05, 0) is 38.8 Å². The zero-order valence-electron chi connectivity index (χ0n) is 11.7. The van der Waals surface area contributed by atoms with Crippen molar-refractivity contribution in [1.29, 1.82) is 0 Å². The van der Waals surface area contributed by atoms with Gasteiger partial charge in [0.05, 0.1) is 6.61 Å². The molecular weight excluding hydrogens is 248 g/mol. The molecule has 0 saturated carbocycles. The Hall–Kier alpha value is -0.800. The van der Waals surface area contributed by atoms with E-state index in [1.165, 1.54) is 0 Å². The maximum atomic E-state index is 6.14. The Labute approximate surface area is 115 Å². The Bertz CT molecular complexity index is 375. The fraction of sp³-hybridized carbons (Fsp3) is 0.643. The second-order valence-corrected chi connectivity index (χ2v) is 5.84. The Balaban J connectivity index is 2.56. The van der Waals surface area contributed by atoms with Crippen molar-refractivity contribution in [3.63, 3.8) is 0 Å². The molecule has 1 N–H and O–H groups in total. The minimum atomic E-state index is 0.0861. The molecule has 3 nitrogen and oxygen atoms in total. The molecule has 1 aromatic rings. The van der Waals surface area contributed by atoms with E-state index in [4.69, 9.17) is 16.3 Å². The number of ether oxygens (including phenoxy) is 1. The summed E-state index contributed by atoms with van der Waals surface area (Å²) in [5.41, 5.74) is 1.15. The summed E-state index contributed by atoms with van der Waals surface area (Å²) in [6, 6.07) is 1.91. The van der Waals surface area contributed by atoms with Crippen LogP contribution in [0.3, 0.4) is 0 Å². The lowest BCUT2D eigenvalue weighted by molar-refractivity contribution is 0.297. The Morgan fingerprint density at radius 1 is 1.39 bits per heavy atom. The minimum absolute atomic E-state index is 0.0861. The first kappa shape index (κ1) is 15.3. The summed E-state index contributed by atoms with van der Waals surface area (Å²) in [4.78, 5) is 4.26. The van der Waals surface area contributed by atoms with E-state index in [2.05, 4.69) is 38.0 Å². The fourth-order valence-corrected chi connectivity index (χ4v) is 1.59. The highest BCUT2D eigenvalue weighted by Crippen LogP contribution is 2.22. The summed E-state index contributed by atoms with van der Waals surface area (Å²) >= 11 is 6.14. The second-order valence-electron chi connectivity index (χ2n) is 5.44. The van der Waals surface area contributed by atoms with Crippen molar-refractivity contribution in [2.24, 2.45) is 0 Å². The van der Waals surface area contributed by atoms with Gasteiger partial charge in [0, 0.05) is 18.3 Å². The zero-order chi connectivity index (χ0) is 13.6. The van der Waals surface area contributed by atoms with Crippen LogP contribution in [0.5, 0.6) is 5.88 Å². The smallest absolute Gasteiger partial charge is 0.232 e. The number of unbranched alkanes of at least 4 members (excludes halogenated alkanes) is 1. The maximum absolute atomic E-state index is 6.14. The number of rotatable bonds is 6. The first-order valence-electron chi connectivity index (χ1n) is 6.44. The first-order chi connectivity index (χ1) is 8.42. The molecule has 18 heavy (non-hydrogen) atoms. The highest BCUT2D eigenvalue weighted by molar-refractivity contribution is 6.31. The van der Waals surface area contributed by atoms with Gasteiger partial charge < -0.3 is 10.1 Å². The number of hydrogen-bond acceptors (Lipinski definition) is 3. The molecule has 0 aliphatic heterocycles. The Morgan fingerprint density at radius 3 is 2.67 bits per heavy atom. The number of halogens is 1. The molecule has 0 bridgehead atoms. The van der Waals surface area contributed by atoms with Crippen LogP contribution in [0, 0.1) is 0 Å². The molecule has 0 atom stereocenters. The van der Waals surface area contributed by atoms with Crippen molar-refractivity contribution >= 4 is 11.6 Å². The van der Waals surface area contributed by atoms with Gasteiger partial charge in [-0.2, -0.15) is 0 Å². The van der Waals surface area contributed by atoms with E-state index < -0.39 is 0 Å². The van der Waals surface area contributed by atoms with Crippen molar-refractivity contribution in [3.8, 4) is 5.88 Å². The minimum Gasteiger partial charge on any atom is -0.477 e. The summed E-state index contributed by atoms with van der Waals surface area (Å²) in [6.45, 7) is 9.94. The molecule has 1 aromatic heterocycles. The molecule has 102 valence electrons. The molecule has 0 radical (unpaired) electrons. The summed E-state index contributed by atoms with van der Waals surface area (Å²) in [7, 11) is 0. The van der Waals surface area contributed by atoms with Crippen LogP contribution in [0.4, 0.5) is 0 Å². The van der Waals surface area contributed by atoms with Crippen LogP contribution < -0.4 is 10.1 Å². The van der Waals surface area contributed by atoms with E-state index in [-0.39, 0.29) is 5.54 Å². The van der Waals surface area contributed by atoms with Crippen molar-refractivity contribution in [2.45, 2.75) is 52.6 Å². The lowest BCUT2D eigenvalue weighted by Crippen LogP contribution is -2.35. The monoisotopic (exact) mass is 270 g/mol. The lowest BCUT2D eigenvalue weighted by Gasteiger charge is -2.20. The van der Waals surface area contributed by atoms with Crippen LogP contribution in [0.2, 0.25) is 5.02 Å². The third kappa shape index (κ3) is 5.69. The van der Waals surface area contributed by atoms with Gasteiger partial charge in [-0.3, -0.25) is 0 Å². The molecular formula is C14H23ClN2O. The molecule has 1 rings (SSSR count). The van der Waals surface area contributed by atoms with Crippen LogP contribution in [-0.4, -0.2) is 17.1 Å². The Morgan fingerprint density at radius 2 is 2.11 bits per heavy atom. The summed E-state index contributed by atoms with van der Waals surface area (Å²) in [6.07, 6.45) is 3.93. The highest BCUT2D eigenvalue weighted by Gasteiger charge is 2.10. The average Bonchev–Trinajstić information content (AvgIpc) is 2.28. The van der Waals surface area contributed by atoms with E-state index in [0.29, 0.717) is 17.5 Å².